The van der Waals surface area contributed by atoms with Crippen molar-refractivity contribution in [3.8, 4) is 67.8 Å². The molecule has 2 aromatic heterocycles. The highest BCUT2D eigenvalue weighted by Crippen LogP contribution is 2.63. The van der Waals surface area contributed by atoms with E-state index in [1.165, 1.54) is 22.3 Å². The fourth-order valence-electron chi connectivity index (χ4n) is 9.47. The van der Waals surface area contributed by atoms with Gasteiger partial charge in [0.15, 0.2) is 5.82 Å². The molecule has 4 nitrogen and oxygen atoms in total. The average Bonchev–Trinajstić information content (AvgIpc) is 3.60. The minimum absolute atomic E-state index is 0.584. The molecule has 0 unspecified atom stereocenters. The topological polar surface area (TPSA) is 47.9 Å². The van der Waals surface area contributed by atoms with Crippen LogP contribution in [0.3, 0.4) is 0 Å². The molecule has 0 atom stereocenters. The van der Waals surface area contributed by atoms with E-state index in [1.54, 1.807) is 0 Å². The zero-order valence-electron chi connectivity index (χ0n) is 31.3. The summed E-state index contributed by atoms with van der Waals surface area (Å²) < 4.78 is 6.64. The molecule has 1 aliphatic carbocycles. The summed E-state index contributed by atoms with van der Waals surface area (Å²) in [6.45, 7) is 0. The van der Waals surface area contributed by atoms with Crippen LogP contribution in [0, 0.1) is 0 Å². The first kappa shape index (κ1) is 32.5. The van der Waals surface area contributed by atoms with Crippen molar-refractivity contribution in [2.24, 2.45) is 0 Å². The van der Waals surface area contributed by atoms with Crippen molar-refractivity contribution < 1.29 is 4.74 Å². The molecular formula is C54H33N3O. The summed E-state index contributed by atoms with van der Waals surface area (Å²) in [7, 11) is 0. The van der Waals surface area contributed by atoms with E-state index in [2.05, 4.69) is 176 Å². The summed E-state index contributed by atoms with van der Waals surface area (Å²) >= 11 is 0. The first-order valence-electron chi connectivity index (χ1n) is 19.7. The van der Waals surface area contributed by atoms with Gasteiger partial charge in [-0.15, -0.1) is 0 Å². The summed E-state index contributed by atoms with van der Waals surface area (Å²) in [6.07, 6.45) is 0. The van der Waals surface area contributed by atoms with Crippen molar-refractivity contribution >= 4 is 21.7 Å². The van der Waals surface area contributed by atoms with E-state index in [0.29, 0.717) is 5.82 Å². The monoisotopic (exact) mass is 739 g/mol. The minimum Gasteiger partial charge on any atom is -0.457 e. The SMILES string of the molecule is c1ccc(-c2cc(-c3ccc4nc(-c5ccccc5)c5c6c(ccc5c4c3)C3(c4ccccc4Oc4ccccc43)c3ccccc3-6)nc(-c3ccccc3)n2)cc1. The molecule has 8 aromatic carbocycles. The van der Waals surface area contributed by atoms with E-state index in [1.807, 2.05) is 24.3 Å². The maximum absolute atomic E-state index is 6.64. The van der Waals surface area contributed by atoms with E-state index in [-0.39, 0.29) is 0 Å². The van der Waals surface area contributed by atoms with Crippen LogP contribution in [0.25, 0.3) is 78.0 Å². The fourth-order valence-corrected chi connectivity index (χ4v) is 9.47. The van der Waals surface area contributed by atoms with Crippen molar-refractivity contribution in [2.75, 3.05) is 0 Å². The lowest BCUT2D eigenvalue weighted by molar-refractivity contribution is 0.436. The molecule has 1 aliphatic heterocycles. The first-order valence-corrected chi connectivity index (χ1v) is 19.7. The third kappa shape index (κ3) is 4.72. The number of hydrogen-bond acceptors (Lipinski definition) is 4. The minimum atomic E-state index is -0.584. The second-order valence-electron chi connectivity index (χ2n) is 15.1. The lowest BCUT2D eigenvalue weighted by Crippen LogP contribution is -2.32. The van der Waals surface area contributed by atoms with Crippen LogP contribution in [0.15, 0.2) is 200 Å². The Morgan fingerprint density at radius 3 is 1.64 bits per heavy atom. The van der Waals surface area contributed by atoms with Gasteiger partial charge in [0.25, 0.3) is 0 Å². The molecule has 0 N–H and O–H groups in total. The van der Waals surface area contributed by atoms with Crippen LogP contribution in [0.5, 0.6) is 11.5 Å². The van der Waals surface area contributed by atoms with E-state index in [9.17, 15) is 0 Å². The van der Waals surface area contributed by atoms with Crippen molar-refractivity contribution in [1.29, 1.82) is 0 Å². The Bertz CT molecular complexity index is 3150. The molecule has 270 valence electrons. The highest BCUT2D eigenvalue weighted by Gasteiger charge is 2.51. The third-order valence-corrected chi connectivity index (χ3v) is 11.9. The van der Waals surface area contributed by atoms with Gasteiger partial charge in [0.1, 0.15) is 11.5 Å². The maximum atomic E-state index is 6.64. The Hall–Kier alpha value is -7.69. The Morgan fingerprint density at radius 1 is 0.379 bits per heavy atom. The van der Waals surface area contributed by atoms with Crippen molar-refractivity contribution in [1.82, 2.24) is 15.0 Å². The Morgan fingerprint density at radius 2 is 0.948 bits per heavy atom. The summed E-state index contributed by atoms with van der Waals surface area (Å²) in [4.78, 5) is 15.8. The summed E-state index contributed by atoms with van der Waals surface area (Å²) in [5.74, 6) is 2.45. The second kappa shape index (κ2) is 12.7. The molecular weight excluding hydrogens is 707 g/mol. The molecule has 12 rings (SSSR count). The summed E-state index contributed by atoms with van der Waals surface area (Å²) in [6, 6.07) is 70.5. The van der Waals surface area contributed by atoms with Gasteiger partial charge in [-0.1, -0.05) is 170 Å². The Balaban J connectivity index is 1.17. The van der Waals surface area contributed by atoms with E-state index >= 15 is 0 Å². The second-order valence-corrected chi connectivity index (χ2v) is 15.1. The van der Waals surface area contributed by atoms with Crippen LogP contribution in [0.4, 0.5) is 0 Å². The van der Waals surface area contributed by atoms with E-state index in [0.717, 1.165) is 83.6 Å². The Labute approximate surface area is 335 Å². The van der Waals surface area contributed by atoms with Crippen molar-refractivity contribution in [3.05, 3.63) is 222 Å². The first-order chi connectivity index (χ1) is 28.8. The average molecular weight is 740 g/mol. The van der Waals surface area contributed by atoms with E-state index in [4.69, 9.17) is 19.7 Å². The van der Waals surface area contributed by atoms with Crippen LogP contribution >= 0.6 is 0 Å². The normalized spacial score (nSPS) is 13.1. The predicted octanol–water partition coefficient (Wildman–Crippen LogP) is 13.3. The lowest BCUT2D eigenvalue weighted by Gasteiger charge is -2.39. The van der Waals surface area contributed by atoms with E-state index < -0.39 is 5.41 Å². The zero-order chi connectivity index (χ0) is 38.2. The fraction of sp³-hybridized carbons (Fsp3) is 0.0185. The summed E-state index contributed by atoms with van der Waals surface area (Å²) in [5, 5.41) is 3.35. The predicted molar refractivity (Wildman–Crippen MR) is 234 cm³/mol. The largest absolute Gasteiger partial charge is 0.457 e. The highest BCUT2D eigenvalue weighted by molar-refractivity contribution is 6.19. The molecule has 0 fully saturated rings. The van der Waals surface area contributed by atoms with Crippen molar-refractivity contribution in [2.45, 2.75) is 5.41 Å². The number of rotatable bonds is 4. The molecule has 0 saturated carbocycles. The molecule has 0 radical (unpaired) electrons. The molecule has 4 heteroatoms. The Kier molecular flexibility index (Phi) is 7.11. The number of fused-ring (bicyclic) bond motifs is 13. The van der Waals surface area contributed by atoms with Gasteiger partial charge in [0.05, 0.1) is 28.0 Å². The number of pyridine rings is 1. The number of hydrogen-bond donors (Lipinski definition) is 0. The van der Waals surface area contributed by atoms with Crippen LogP contribution in [-0.4, -0.2) is 15.0 Å². The van der Waals surface area contributed by atoms with Crippen LogP contribution < -0.4 is 4.74 Å². The van der Waals surface area contributed by atoms with Gasteiger partial charge in [0.2, 0.25) is 0 Å². The number of ether oxygens (including phenoxy) is 1. The number of benzene rings is 8. The highest BCUT2D eigenvalue weighted by atomic mass is 16.5. The van der Waals surface area contributed by atoms with Crippen molar-refractivity contribution in [3.63, 3.8) is 0 Å². The van der Waals surface area contributed by atoms with Gasteiger partial charge in [-0.3, -0.25) is 0 Å². The lowest BCUT2D eigenvalue weighted by atomic mass is 9.66. The maximum Gasteiger partial charge on any atom is 0.160 e. The van der Waals surface area contributed by atoms with Gasteiger partial charge in [-0.2, -0.15) is 0 Å². The van der Waals surface area contributed by atoms with Crippen LogP contribution in [0.2, 0.25) is 0 Å². The molecule has 0 bridgehead atoms. The number of nitrogens with zero attached hydrogens (tertiary/aromatic N) is 3. The van der Waals surface area contributed by atoms with Crippen LogP contribution in [0.1, 0.15) is 22.3 Å². The van der Waals surface area contributed by atoms with Gasteiger partial charge >= 0.3 is 0 Å². The van der Waals surface area contributed by atoms with Crippen LogP contribution in [-0.2, 0) is 5.41 Å². The zero-order valence-corrected chi connectivity index (χ0v) is 31.3. The quantitative estimate of drug-likeness (QED) is 0.169. The molecule has 1 spiro atoms. The number of aromatic nitrogens is 3. The number of para-hydroxylation sites is 2. The molecule has 3 heterocycles. The molecule has 2 aliphatic rings. The summed E-state index contributed by atoms with van der Waals surface area (Å²) in [5.41, 5.74) is 14.3. The molecule has 0 saturated heterocycles. The third-order valence-electron chi connectivity index (χ3n) is 11.9. The molecule has 0 amide bonds. The van der Waals surface area contributed by atoms with Gasteiger partial charge in [-0.25, -0.2) is 15.0 Å². The molecule has 58 heavy (non-hydrogen) atoms. The van der Waals surface area contributed by atoms with Gasteiger partial charge in [0, 0.05) is 44.2 Å². The smallest absolute Gasteiger partial charge is 0.160 e. The van der Waals surface area contributed by atoms with Gasteiger partial charge < -0.3 is 4.74 Å². The standard InChI is InChI=1S/C54H33N3O/c1-4-16-34(17-5-1)46-33-47(57-53(56-46)36-20-8-3-9-21-36)37-28-31-45-40(32-37)38-29-30-44-50(51(38)52(55-45)35-18-6-2-7-19-35)39-22-10-11-23-41(39)54(44)42-24-12-14-26-48(42)58-49-27-15-13-25-43(49)54/h1-33H. The van der Waals surface area contributed by atoms with Gasteiger partial charge in [-0.05, 0) is 58.0 Å². The molecule has 10 aromatic rings.